The Morgan fingerprint density at radius 2 is 2.00 bits per heavy atom. The molecule has 0 fully saturated rings. The van der Waals surface area contributed by atoms with Gasteiger partial charge in [-0.2, -0.15) is 0 Å². The summed E-state index contributed by atoms with van der Waals surface area (Å²) in [5.41, 5.74) is 1.54. The summed E-state index contributed by atoms with van der Waals surface area (Å²) >= 11 is 0. The van der Waals surface area contributed by atoms with E-state index < -0.39 is 0 Å². The van der Waals surface area contributed by atoms with Crippen LogP contribution in [0.2, 0.25) is 0 Å². The number of benzene rings is 1. The van der Waals surface area contributed by atoms with E-state index in [0.717, 1.165) is 5.56 Å². The van der Waals surface area contributed by atoms with Crippen LogP contribution in [0, 0.1) is 0 Å². The van der Waals surface area contributed by atoms with Crippen LogP contribution in [0.5, 0.6) is 0 Å². The van der Waals surface area contributed by atoms with Crippen molar-refractivity contribution in [2.24, 2.45) is 0 Å². The van der Waals surface area contributed by atoms with E-state index in [1.807, 2.05) is 30.3 Å². The molecule has 0 heterocycles. The minimum absolute atomic E-state index is 0.0359. The zero-order valence-corrected chi connectivity index (χ0v) is 9.52. The molecule has 3 heteroatoms. The Morgan fingerprint density at radius 3 is 2.50 bits per heavy atom. The summed E-state index contributed by atoms with van der Waals surface area (Å²) in [5.74, 6) is -0.113. The zero-order chi connectivity index (χ0) is 12.0. The number of aliphatic hydroxyl groups is 1. The highest BCUT2D eigenvalue weighted by Crippen LogP contribution is 2.07. The van der Waals surface area contributed by atoms with Gasteiger partial charge in [-0.3, -0.25) is 4.79 Å². The maximum atomic E-state index is 11.8. The Labute approximate surface area is 96.0 Å². The van der Waals surface area contributed by atoms with Crippen LogP contribution in [-0.2, 0) is 11.3 Å². The van der Waals surface area contributed by atoms with Crippen molar-refractivity contribution in [3.05, 3.63) is 48.0 Å². The third-order valence-electron chi connectivity index (χ3n) is 2.24. The Kier molecular flexibility index (Phi) is 4.73. The first-order valence-corrected chi connectivity index (χ1v) is 5.24. The molecule has 1 aromatic carbocycles. The molecule has 0 radical (unpaired) electrons. The molecule has 1 aromatic rings. The van der Waals surface area contributed by atoms with E-state index in [2.05, 4.69) is 6.58 Å². The molecule has 16 heavy (non-hydrogen) atoms. The molecule has 1 amide bonds. The van der Waals surface area contributed by atoms with Crippen molar-refractivity contribution in [3.8, 4) is 0 Å². The molecule has 0 saturated heterocycles. The molecule has 0 aliphatic carbocycles. The predicted molar refractivity (Wildman–Crippen MR) is 63.8 cm³/mol. The molecule has 86 valence electrons. The van der Waals surface area contributed by atoms with Crippen LogP contribution in [0.1, 0.15) is 12.5 Å². The van der Waals surface area contributed by atoms with E-state index in [9.17, 15) is 4.79 Å². The van der Waals surface area contributed by atoms with Crippen molar-refractivity contribution in [2.75, 3.05) is 13.2 Å². The van der Waals surface area contributed by atoms with Crippen LogP contribution in [0.3, 0.4) is 0 Å². The number of rotatable bonds is 5. The number of hydrogen-bond acceptors (Lipinski definition) is 2. The summed E-state index contributed by atoms with van der Waals surface area (Å²) in [4.78, 5) is 13.3. The second-order valence-electron chi connectivity index (χ2n) is 3.72. The molecule has 0 aliphatic heterocycles. The van der Waals surface area contributed by atoms with Crippen LogP contribution in [-0.4, -0.2) is 29.1 Å². The van der Waals surface area contributed by atoms with E-state index in [4.69, 9.17) is 5.11 Å². The van der Waals surface area contributed by atoms with Gasteiger partial charge in [0.1, 0.15) is 0 Å². The van der Waals surface area contributed by atoms with Gasteiger partial charge in [0.05, 0.1) is 6.61 Å². The Morgan fingerprint density at radius 1 is 1.38 bits per heavy atom. The molecule has 0 saturated carbocycles. The van der Waals surface area contributed by atoms with Gasteiger partial charge in [0.15, 0.2) is 0 Å². The highest BCUT2D eigenvalue weighted by Gasteiger charge is 2.13. The van der Waals surface area contributed by atoms with Gasteiger partial charge in [0.25, 0.3) is 0 Å². The van der Waals surface area contributed by atoms with Crippen molar-refractivity contribution in [2.45, 2.75) is 13.5 Å². The van der Waals surface area contributed by atoms with Gasteiger partial charge in [0, 0.05) is 18.7 Å². The summed E-state index contributed by atoms with van der Waals surface area (Å²) < 4.78 is 0. The highest BCUT2D eigenvalue weighted by atomic mass is 16.3. The molecule has 0 atom stereocenters. The molecule has 0 aliphatic rings. The first kappa shape index (κ1) is 12.5. The Balaban J connectivity index is 2.72. The fourth-order valence-electron chi connectivity index (χ4n) is 1.45. The molecular formula is C13H17NO2. The summed E-state index contributed by atoms with van der Waals surface area (Å²) in [5, 5.41) is 8.92. The monoisotopic (exact) mass is 219 g/mol. The molecule has 0 unspecified atom stereocenters. The Hall–Kier alpha value is -1.61. The van der Waals surface area contributed by atoms with Crippen LogP contribution in [0.15, 0.2) is 42.5 Å². The SMILES string of the molecule is C=C(C)C(=O)N(CCO)Cc1ccccc1. The lowest BCUT2D eigenvalue weighted by molar-refractivity contribution is -0.128. The average Bonchev–Trinajstić information content (AvgIpc) is 2.29. The maximum Gasteiger partial charge on any atom is 0.249 e. The predicted octanol–water partition coefficient (Wildman–Crippen LogP) is 1.58. The lowest BCUT2D eigenvalue weighted by Crippen LogP contribution is -2.33. The molecule has 0 bridgehead atoms. The van der Waals surface area contributed by atoms with Crippen molar-refractivity contribution < 1.29 is 9.90 Å². The normalized spacial score (nSPS) is 9.88. The van der Waals surface area contributed by atoms with Crippen molar-refractivity contribution in [3.63, 3.8) is 0 Å². The van der Waals surface area contributed by atoms with Crippen molar-refractivity contribution in [1.29, 1.82) is 0 Å². The number of amides is 1. The average molecular weight is 219 g/mol. The smallest absolute Gasteiger partial charge is 0.249 e. The number of aliphatic hydroxyl groups excluding tert-OH is 1. The molecule has 3 nitrogen and oxygen atoms in total. The van der Waals surface area contributed by atoms with Crippen LogP contribution < -0.4 is 0 Å². The largest absolute Gasteiger partial charge is 0.395 e. The van der Waals surface area contributed by atoms with Gasteiger partial charge in [0.2, 0.25) is 5.91 Å². The Bertz CT molecular complexity index is 359. The van der Waals surface area contributed by atoms with E-state index in [0.29, 0.717) is 18.7 Å². The third kappa shape index (κ3) is 3.51. The van der Waals surface area contributed by atoms with Gasteiger partial charge in [-0.15, -0.1) is 0 Å². The van der Waals surface area contributed by atoms with Gasteiger partial charge in [-0.05, 0) is 12.5 Å². The second-order valence-corrected chi connectivity index (χ2v) is 3.72. The van der Waals surface area contributed by atoms with E-state index in [-0.39, 0.29) is 12.5 Å². The molecule has 0 spiro atoms. The molecule has 1 rings (SSSR count). The first-order valence-electron chi connectivity index (χ1n) is 5.24. The highest BCUT2D eigenvalue weighted by molar-refractivity contribution is 5.92. The molecular weight excluding hydrogens is 202 g/mol. The number of nitrogens with zero attached hydrogens (tertiary/aromatic N) is 1. The fraction of sp³-hybridized carbons (Fsp3) is 0.308. The van der Waals surface area contributed by atoms with Crippen LogP contribution >= 0.6 is 0 Å². The summed E-state index contributed by atoms with van der Waals surface area (Å²) in [6.45, 7) is 6.11. The van der Waals surface area contributed by atoms with Gasteiger partial charge >= 0.3 is 0 Å². The summed E-state index contributed by atoms with van der Waals surface area (Å²) in [6, 6.07) is 9.70. The van der Waals surface area contributed by atoms with Crippen molar-refractivity contribution in [1.82, 2.24) is 4.90 Å². The first-order chi connectivity index (χ1) is 7.65. The number of carbonyl (C=O) groups is 1. The molecule has 1 N–H and O–H groups in total. The second kappa shape index (κ2) is 6.08. The quantitative estimate of drug-likeness (QED) is 0.764. The van der Waals surface area contributed by atoms with Crippen LogP contribution in [0.4, 0.5) is 0 Å². The van der Waals surface area contributed by atoms with Gasteiger partial charge < -0.3 is 10.0 Å². The minimum atomic E-state index is -0.113. The maximum absolute atomic E-state index is 11.8. The topological polar surface area (TPSA) is 40.5 Å². The lowest BCUT2D eigenvalue weighted by atomic mass is 10.2. The number of hydrogen-bond donors (Lipinski definition) is 1. The van der Waals surface area contributed by atoms with E-state index in [1.165, 1.54) is 0 Å². The zero-order valence-electron chi connectivity index (χ0n) is 9.52. The summed E-state index contributed by atoms with van der Waals surface area (Å²) in [7, 11) is 0. The molecule has 0 aromatic heterocycles. The standard InChI is InChI=1S/C13H17NO2/c1-11(2)13(16)14(8-9-15)10-12-6-4-3-5-7-12/h3-7,15H,1,8-10H2,2H3. The van der Waals surface area contributed by atoms with Crippen molar-refractivity contribution >= 4 is 5.91 Å². The minimum Gasteiger partial charge on any atom is -0.395 e. The fourth-order valence-corrected chi connectivity index (χ4v) is 1.45. The third-order valence-corrected chi connectivity index (χ3v) is 2.24. The lowest BCUT2D eigenvalue weighted by Gasteiger charge is -2.21. The van der Waals surface area contributed by atoms with E-state index >= 15 is 0 Å². The van der Waals surface area contributed by atoms with Gasteiger partial charge in [-0.1, -0.05) is 36.9 Å². The van der Waals surface area contributed by atoms with E-state index in [1.54, 1.807) is 11.8 Å². The summed E-state index contributed by atoms with van der Waals surface area (Å²) in [6.07, 6.45) is 0. The number of carbonyl (C=O) groups excluding carboxylic acids is 1. The van der Waals surface area contributed by atoms with Gasteiger partial charge in [-0.25, -0.2) is 0 Å². The van der Waals surface area contributed by atoms with Crippen LogP contribution in [0.25, 0.3) is 0 Å².